The molecule has 1 aliphatic heterocycles. The van der Waals surface area contributed by atoms with Gasteiger partial charge in [-0.15, -0.1) is 0 Å². The first-order valence-electron chi connectivity index (χ1n) is 7.20. The molecule has 1 saturated heterocycles. The summed E-state index contributed by atoms with van der Waals surface area (Å²) >= 11 is 6.21. The normalized spacial score (nSPS) is 26.7. The lowest BCUT2D eigenvalue weighted by atomic mass is 9.87. The highest BCUT2D eigenvalue weighted by atomic mass is 35.5. The van der Waals surface area contributed by atoms with Crippen LogP contribution < -0.4 is 5.32 Å². The van der Waals surface area contributed by atoms with Crippen LogP contribution in [0.3, 0.4) is 0 Å². The van der Waals surface area contributed by atoms with Gasteiger partial charge in [0.1, 0.15) is 5.82 Å². The fourth-order valence-corrected chi connectivity index (χ4v) is 2.91. The topological polar surface area (TPSA) is 15.3 Å². The van der Waals surface area contributed by atoms with Crippen molar-refractivity contribution in [3.05, 3.63) is 34.6 Å². The maximum Gasteiger partial charge on any atom is 0.123 e. The smallest absolute Gasteiger partial charge is 0.123 e. The molecule has 1 aromatic carbocycles. The van der Waals surface area contributed by atoms with Gasteiger partial charge in [-0.1, -0.05) is 18.5 Å². The second-order valence-electron chi connectivity index (χ2n) is 6.68. The van der Waals surface area contributed by atoms with E-state index in [9.17, 15) is 4.39 Å². The molecule has 1 atom stereocenters. The van der Waals surface area contributed by atoms with Crippen molar-refractivity contribution in [3.63, 3.8) is 0 Å². The number of hydrogen-bond donors (Lipinski definition) is 1. The van der Waals surface area contributed by atoms with Crippen LogP contribution >= 0.6 is 11.6 Å². The third-order valence-electron chi connectivity index (χ3n) is 4.43. The van der Waals surface area contributed by atoms with Crippen molar-refractivity contribution < 1.29 is 4.39 Å². The molecule has 2 nitrogen and oxygen atoms in total. The van der Waals surface area contributed by atoms with Crippen LogP contribution in [-0.4, -0.2) is 29.1 Å². The number of benzene rings is 1. The number of nitrogens with zero attached hydrogens (tertiary/aromatic N) is 1. The minimum atomic E-state index is -0.225. The maximum absolute atomic E-state index is 13.4. The minimum Gasteiger partial charge on any atom is -0.309 e. The third-order valence-corrected chi connectivity index (χ3v) is 4.80. The summed E-state index contributed by atoms with van der Waals surface area (Å²) in [6.07, 6.45) is 1.04. The minimum absolute atomic E-state index is 0.0640. The Bertz CT molecular complexity index is 489. The van der Waals surface area contributed by atoms with Gasteiger partial charge in [-0.05, 0) is 51.0 Å². The zero-order valence-corrected chi connectivity index (χ0v) is 13.5. The third kappa shape index (κ3) is 3.33. The van der Waals surface area contributed by atoms with Gasteiger partial charge in [-0.25, -0.2) is 4.39 Å². The SMILES string of the molecule is CCC1(C)CNC(C)(C)CN1Cc1cc(F)ccc1Cl. The van der Waals surface area contributed by atoms with E-state index in [1.54, 1.807) is 12.1 Å². The van der Waals surface area contributed by atoms with Crippen molar-refractivity contribution in [2.24, 2.45) is 0 Å². The number of piperazine rings is 1. The molecule has 0 radical (unpaired) electrons. The molecule has 1 N–H and O–H groups in total. The van der Waals surface area contributed by atoms with Crippen LogP contribution in [0.5, 0.6) is 0 Å². The van der Waals surface area contributed by atoms with Gasteiger partial charge in [0.25, 0.3) is 0 Å². The Morgan fingerprint density at radius 2 is 2.05 bits per heavy atom. The Hall–Kier alpha value is -0.640. The van der Waals surface area contributed by atoms with Crippen LogP contribution in [0, 0.1) is 5.82 Å². The highest BCUT2D eigenvalue weighted by molar-refractivity contribution is 6.31. The predicted molar refractivity (Wildman–Crippen MR) is 82.6 cm³/mol. The average molecular weight is 299 g/mol. The van der Waals surface area contributed by atoms with E-state index < -0.39 is 0 Å². The van der Waals surface area contributed by atoms with E-state index in [0.29, 0.717) is 11.6 Å². The molecule has 2 rings (SSSR count). The summed E-state index contributed by atoms with van der Waals surface area (Å²) in [7, 11) is 0. The maximum atomic E-state index is 13.4. The first-order valence-corrected chi connectivity index (χ1v) is 7.57. The van der Waals surface area contributed by atoms with E-state index in [2.05, 4.69) is 37.9 Å². The molecule has 1 aromatic rings. The fourth-order valence-electron chi connectivity index (χ4n) is 2.73. The summed E-state index contributed by atoms with van der Waals surface area (Å²) in [4.78, 5) is 2.42. The molecule has 0 saturated carbocycles. The van der Waals surface area contributed by atoms with E-state index in [1.165, 1.54) is 6.07 Å². The molecule has 20 heavy (non-hydrogen) atoms. The summed E-state index contributed by atoms with van der Waals surface area (Å²) in [6.45, 7) is 11.4. The molecule has 0 aliphatic carbocycles. The van der Waals surface area contributed by atoms with Gasteiger partial charge in [0, 0.05) is 35.7 Å². The van der Waals surface area contributed by atoms with Gasteiger partial charge in [-0.2, -0.15) is 0 Å². The first-order chi connectivity index (χ1) is 9.26. The van der Waals surface area contributed by atoms with Crippen LogP contribution in [-0.2, 0) is 6.54 Å². The molecular weight excluding hydrogens is 275 g/mol. The molecule has 0 spiro atoms. The lowest BCUT2D eigenvalue weighted by Crippen LogP contribution is -2.66. The molecule has 112 valence electrons. The van der Waals surface area contributed by atoms with E-state index in [0.717, 1.165) is 25.1 Å². The van der Waals surface area contributed by atoms with Gasteiger partial charge in [-0.3, -0.25) is 4.90 Å². The highest BCUT2D eigenvalue weighted by Gasteiger charge is 2.39. The molecule has 0 amide bonds. The van der Waals surface area contributed by atoms with Crippen molar-refractivity contribution in [2.75, 3.05) is 13.1 Å². The number of hydrogen-bond acceptors (Lipinski definition) is 2. The van der Waals surface area contributed by atoms with Gasteiger partial charge in [0.2, 0.25) is 0 Å². The van der Waals surface area contributed by atoms with E-state index in [-0.39, 0.29) is 16.9 Å². The first kappa shape index (κ1) is 15.7. The average Bonchev–Trinajstić information content (AvgIpc) is 2.38. The van der Waals surface area contributed by atoms with E-state index in [1.807, 2.05) is 0 Å². The van der Waals surface area contributed by atoms with Crippen LogP contribution in [0.25, 0.3) is 0 Å². The van der Waals surface area contributed by atoms with Crippen molar-refractivity contribution in [1.29, 1.82) is 0 Å². The van der Waals surface area contributed by atoms with E-state index >= 15 is 0 Å². The molecule has 1 unspecified atom stereocenters. The van der Waals surface area contributed by atoms with Crippen molar-refractivity contribution in [2.45, 2.75) is 51.7 Å². The molecule has 0 aromatic heterocycles. The lowest BCUT2D eigenvalue weighted by Gasteiger charge is -2.51. The number of nitrogens with one attached hydrogen (secondary N) is 1. The summed E-state index contributed by atoms with van der Waals surface area (Å²) in [5.74, 6) is -0.225. The van der Waals surface area contributed by atoms with Crippen molar-refractivity contribution in [3.8, 4) is 0 Å². The zero-order valence-electron chi connectivity index (χ0n) is 12.8. The van der Waals surface area contributed by atoms with Crippen LogP contribution in [0.2, 0.25) is 5.02 Å². The Balaban J connectivity index is 2.25. The lowest BCUT2D eigenvalue weighted by molar-refractivity contribution is 0.0175. The Kier molecular flexibility index (Phi) is 4.43. The zero-order chi connectivity index (χ0) is 15.0. The Morgan fingerprint density at radius 1 is 1.35 bits per heavy atom. The van der Waals surface area contributed by atoms with Gasteiger partial charge in [0.15, 0.2) is 0 Å². The predicted octanol–water partition coefficient (Wildman–Crippen LogP) is 3.83. The summed E-state index contributed by atoms with van der Waals surface area (Å²) in [6, 6.07) is 4.60. The molecule has 1 heterocycles. The highest BCUT2D eigenvalue weighted by Crippen LogP contribution is 2.30. The summed E-state index contributed by atoms with van der Waals surface area (Å²) in [5.41, 5.74) is 1.00. The van der Waals surface area contributed by atoms with Crippen LogP contribution in [0.1, 0.15) is 39.7 Å². The van der Waals surface area contributed by atoms with Crippen LogP contribution in [0.4, 0.5) is 4.39 Å². The van der Waals surface area contributed by atoms with Gasteiger partial charge in [0.05, 0.1) is 0 Å². The monoisotopic (exact) mass is 298 g/mol. The largest absolute Gasteiger partial charge is 0.309 e. The van der Waals surface area contributed by atoms with Crippen molar-refractivity contribution >= 4 is 11.6 Å². The van der Waals surface area contributed by atoms with Gasteiger partial charge < -0.3 is 5.32 Å². The molecule has 1 aliphatic rings. The van der Waals surface area contributed by atoms with Crippen molar-refractivity contribution in [1.82, 2.24) is 10.2 Å². The second kappa shape index (κ2) is 5.63. The summed E-state index contributed by atoms with van der Waals surface area (Å²) in [5, 5.41) is 4.23. The molecule has 1 fully saturated rings. The molecule has 0 bridgehead atoms. The fraction of sp³-hybridized carbons (Fsp3) is 0.625. The van der Waals surface area contributed by atoms with Gasteiger partial charge >= 0.3 is 0 Å². The summed E-state index contributed by atoms with van der Waals surface area (Å²) < 4.78 is 13.4. The Labute approximate surface area is 126 Å². The second-order valence-corrected chi connectivity index (χ2v) is 7.09. The van der Waals surface area contributed by atoms with Crippen LogP contribution in [0.15, 0.2) is 18.2 Å². The Morgan fingerprint density at radius 3 is 2.70 bits per heavy atom. The number of halogens is 2. The molecular formula is C16H24ClFN2. The van der Waals surface area contributed by atoms with E-state index in [4.69, 9.17) is 11.6 Å². The molecule has 4 heteroatoms. The number of rotatable bonds is 3. The quantitative estimate of drug-likeness (QED) is 0.912. The standard InChI is InChI=1S/C16H24ClFN2/c1-5-16(4)10-19-15(2,3)11-20(16)9-12-8-13(18)6-7-14(12)17/h6-8,19H,5,9-11H2,1-4H3.